The highest BCUT2D eigenvalue weighted by Gasteiger charge is 2.30. The molecule has 1 aliphatic rings. The smallest absolute Gasteiger partial charge is 0.310 e. The summed E-state index contributed by atoms with van der Waals surface area (Å²) < 4.78 is 5.86. The van der Waals surface area contributed by atoms with Crippen molar-refractivity contribution in [1.29, 1.82) is 0 Å². The number of benzene rings is 1. The van der Waals surface area contributed by atoms with Gasteiger partial charge in [0.05, 0.1) is 19.1 Å². The van der Waals surface area contributed by atoms with Crippen molar-refractivity contribution >= 4 is 33.7 Å². The summed E-state index contributed by atoms with van der Waals surface area (Å²) in [6.45, 7) is 3.06. The van der Waals surface area contributed by atoms with Gasteiger partial charge in [0.2, 0.25) is 5.91 Å². The van der Waals surface area contributed by atoms with Gasteiger partial charge in [0.25, 0.3) is 5.91 Å². The fourth-order valence-corrected chi connectivity index (χ4v) is 3.27. The van der Waals surface area contributed by atoms with Gasteiger partial charge in [-0.25, -0.2) is 0 Å². The summed E-state index contributed by atoms with van der Waals surface area (Å²) in [5.41, 5.74) is 0.521. The summed E-state index contributed by atoms with van der Waals surface area (Å²) in [4.78, 5) is 39.9. The maximum atomic E-state index is 12.5. The number of hydrogen-bond donors (Lipinski definition) is 0. The van der Waals surface area contributed by atoms with Gasteiger partial charge in [0.1, 0.15) is 0 Å². The minimum absolute atomic E-state index is 0.0130. The van der Waals surface area contributed by atoms with E-state index in [1.807, 2.05) is 6.07 Å². The number of likely N-dealkylation sites (tertiary alicyclic amines) is 1. The summed E-state index contributed by atoms with van der Waals surface area (Å²) in [6, 6.07) is 7.06. The maximum absolute atomic E-state index is 12.5. The van der Waals surface area contributed by atoms with Crippen LogP contribution in [0, 0.1) is 5.92 Å². The monoisotopic (exact) mass is 410 g/mol. The van der Waals surface area contributed by atoms with Gasteiger partial charge in [0, 0.05) is 30.2 Å². The van der Waals surface area contributed by atoms with Gasteiger partial charge in [-0.05, 0) is 38.0 Å². The molecular weight excluding hydrogens is 388 g/mol. The molecule has 1 aliphatic heterocycles. The molecule has 0 radical (unpaired) electrons. The number of carbonyl (C=O) groups excluding carboxylic acids is 3. The van der Waals surface area contributed by atoms with E-state index in [9.17, 15) is 14.4 Å². The second-order valence-corrected chi connectivity index (χ2v) is 7.02. The summed E-state index contributed by atoms with van der Waals surface area (Å²) in [5, 5.41) is 0. The van der Waals surface area contributed by atoms with Crippen LogP contribution in [0.2, 0.25) is 0 Å². The number of hydrogen-bond acceptors (Lipinski definition) is 4. The van der Waals surface area contributed by atoms with Crippen molar-refractivity contribution < 1.29 is 19.1 Å². The molecule has 1 atom stereocenters. The summed E-state index contributed by atoms with van der Waals surface area (Å²) in [7, 11) is 1.61. The zero-order valence-electron chi connectivity index (χ0n) is 14.5. The van der Waals surface area contributed by atoms with Gasteiger partial charge in [-0.3, -0.25) is 14.4 Å². The molecule has 25 heavy (non-hydrogen) atoms. The normalized spacial score (nSPS) is 17.1. The lowest BCUT2D eigenvalue weighted by molar-refractivity contribution is -0.151. The zero-order valence-corrected chi connectivity index (χ0v) is 16.1. The molecule has 0 N–H and O–H groups in total. The number of nitrogens with zero attached hydrogens (tertiary/aromatic N) is 2. The third-order valence-electron chi connectivity index (χ3n) is 4.18. The molecular formula is C18H23BrN2O4. The van der Waals surface area contributed by atoms with Crippen molar-refractivity contribution in [3.63, 3.8) is 0 Å². The van der Waals surface area contributed by atoms with Crippen molar-refractivity contribution in [3.8, 4) is 0 Å². The molecule has 6 nitrogen and oxygen atoms in total. The number of likely N-dealkylation sites (N-methyl/N-ethyl adjacent to an activating group) is 1. The molecule has 1 aromatic carbocycles. The highest BCUT2D eigenvalue weighted by Crippen LogP contribution is 2.18. The Bertz CT molecular complexity index is 650. The summed E-state index contributed by atoms with van der Waals surface area (Å²) in [6.07, 6.45) is 1.49. The van der Waals surface area contributed by atoms with Crippen molar-refractivity contribution in [2.45, 2.75) is 19.8 Å². The summed E-state index contributed by atoms with van der Waals surface area (Å²) >= 11 is 3.34. The fourth-order valence-electron chi connectivity index (χ4n) is 2.87. The number of carbonyl (C=O) groups is 3. The Hall–Kier alpha value is -1.89. The Morgan fingerprint density at radius 1 is 1.36 bits per heavy atom. The van der Waals surface area contributed by atoms with Crippen LogP contribution in [0.1, 0.15) is 30.1 Å². The van der Waals surface area contributed by atoms with Crippen LogP contribution in [0.5, 0.6) is 0 Å². The van der Waals surface area contributed by atoms with Gasteiger partial charge >= 0.3 is 5.97 Å². The molecule has 0 saturated carbocycles. The average Bonchev–Trinajstić information content (AvgIpc) is 2.61. The highest BCUT2D eigenvalue weighted by atomic mass is 79.9. The van der Waals surface area contributed by atoms with E-state index in [1.54, 1.807) is 37.1 Å². The first-order chi connectivity index (χ1) is 11.9. The van der Waals surface area contributed by atoms with E-state index in [2.05, 4.69) is 15.9 Å². The third-order valence-corrected chi connectivity index (χ3v) is 4.68. The van der Waals surface area contributed by atoms with E-state index in [0.717, 1.165) is 17.3 Å². The predicted molar refractivity (Wildman–Crippen MR) is 97.0 cm³/mol. The SMILES string of the molecule is CCOC(=O)C1CCCN(C(=O)CN(C)C(=O)c2cccc(Br)c2)C1. The van der Waals surface area contributed by atoms with Gasteiger partial charge in [-0.2, -0.15) is 0 Å². The standard InChI is InChI=1S/C18H23BrN2O4/c1-3-25-18(24)14-7-5-9-21(11-14)16(22)12-20(2)17(23)13-6-4-8-15(19)10-13/h4,6,8,10,14H,3,5,7,9,11-12H2,1-2H3. The van der Waals surface area contributed by atoms with Crippen LogP contribution in [0.3, 0.4) is 0 Å². The molecule has 1 heterocycles. The minimum atomic E-state index is -0.274. The molecule has 1 fully saturated rings. The van der Waals surface area contributed by atoms with E-state index < -0.39 is 0 Å². The second kappa shape index (κ2) is 8.99. The molecule has 136 valence electrons. The van der Waals surface area contributed by atoms with Gasteiger partial charge in [0.15, 0.2) is 0 Å². The molecule has 1 aromatic rings. The molecule has 1 unspecified atom stereocenters. The van der Waals surface area contributed by atoms with Gasteiger partial charge < -0.3 is 14.5 Å². The molecule has 7 heteroatoms. The number of ether oxygens (including phenoxy) is 1. The van der Waals surface area contributed by atoms with Crippen LogP contribution < -0.4 is 0 Å². The Labute approximate surface area is 156 Å². The molecule has 0 spiro atoms. The van der Waals surface area contributed by atoms with E-state index in [-0.39, 0.29) is 30.2 Å². The van der Waals surface area contributed by atoms with Gasteiger partial charge in [-0.15, -0.1) is 0 Å². The van der Waals surface area contributed by atoms with Crippen molar-refractivity contribution in [2.24, 2.45) is 5.92 Å². The Balaban J connectivity index is 1.94. The molecule has 0 aliphatic carbocycles. The number of amides is 2. The van der Waals surface area contributed by atoms with Crippen molar-refractivity contribution in [2.75, 3.05) is 33.3 Å². The van der Waals surface area contributed by atoms with Crippen LogP contribution in [0.4, 0.5) is 0 Å². The van der Waals surface area contributed by atoms with E-state index in [1.165, 1.54) is 4.90 Å². The summed E-state index contributed by atoms with van der Waals surface area (Å²) in [5.74, 6) is -0.893. The lowest BCUT2D eigenvalue weighted by Gasteiger charge is -2.32. The van der Waals surface area contributed by atoms with E-state index in [4.69, 9.17) is 4.74 Å². The Morgan fingerprint density at radius 3 is 2.80 bits per heavy atom. The maximum Gasteiger partial charge on any atom is 0.310 e. The topological polar surface area (TPSA) is 66.9 Å². The first kappa shape index (κ1) is 19.4. The third kappa shape index (κ3) is 5.29. The predicted octanol–water partition coefficient (Wildman–Crippen LogP) is 2.32. The Kier molecular flexibility index (Phi) is 6.99. The van der Waals surface area contributed by atoms with Crippen LogP contribution in [0.15, 0.2) is 28.7 Å². The molecule has 0 bridgehead atoms. The molecule has 1 saturated heterocycles. The first-order valence-electron chi connectivity index (χ1n) is 8.37. The quantitative estimate of drug-likeness (QED) is 0.698. The lowest BCUT2D eigenvalue weighted by atomic mass is 9.98. The van der Waals surface area contributed by atoms with Crippen molar-refractivity contribution in [1.82, 2.24) is 9.80 Å². The molecule has 0 aromatic heterocycles. The van der Waals surface area contributed by atoms with Crippen LogP contribution in [0.25, 0.3) is 0 Å². The minimum Gasteiger partial charge on any atom is -0.466 e. The van der Waals surface area contributed by atoms with Crippen LogP contribution >= 0.6 is 15.9 Å². The average molecular weight is 411 g/mol. The van der Waals surface area contributed by atoms with Crippen molar-refractivity contribution in [3.05, 3.63) is 34.3 Å². The fraction of sp³-hybridized carbons (Fsp3) is 0.500. The molecule has 2 rings (SSSR count). The largest absolute Gasteiger partial charge is 0.466 e. The van der Waals surface area contributed by atoms with Crippen LogP contribution in [-0.4, -0.2) is 60.9 Å². The van der Waals surface area contributed by atoms with Gasteiger partial charge in [-0.1, -0.05) is 22.0 Å². The van der Waals surface area contributed by atoms with E-state index in [0.29, 0.717) is 25.3 Å². The van der Waals surface area contributed by atoms with Crippen LogP contribution in [-0.2, 0) is 14.3 Å². The number of halogens is 1. The second-order valence-electron chi connectivity index (χ2n) is 6.10. The number of piperidine rings is 1. The highest BCUT2D eigenvalue weighted by molar-refractivity contribution is 9.10. The Morgan fingerprint density at radius 2 is 2.12 bits per heavy atom. The molecule has 2 amide bonds. The number of rotatable bonds is 5. The lowest BCUT2D eigenvalue weighted by Crippen LogP contribution is -2.47. The first-order valence-corrected chi connectivity index (χ1v) is 9.17. The number of esters is 1. The van der Waals surface area contributed by atoms with E-state index >= 15 is 0 Å². The zero-order chi connectivity index (χ0) is 18.4.